The van der Waals surface area contributed by atoms with Gasteiger partial charge < -0.3 is 5.32 Å². The summed E-state index contributed by atoms with van der Waals surface area (Å²) in [4.78, 5) is 16.1. The summed E-state index contributed by atoms with van der Waals surface area (Å²) in [5, 5.41) is 15.7. The van der Waals surface area contributed by atoms with Crippen molar-refractivity contribution in [2.75, 3.05) is 11.9 Å². The normalized spacial score (nSPS) is 19.8. The molecule has 1 amide bonds. The van der Waals surface area contributed by atoms with E-state index in [9.17, 15) is 9.18 Å². The van der Waals surface area contributed by atoms with Gasteiger partial charge in [-0.25, -0.2) is 9.82 Å². The van der Waals surface area contributed by atoms with Crippen LogP contribution in [0.3, 0.4) is 0 Å². The van der Waals surface area contributed by atoms with Crippen molar-refractivity contribution in [1.29, 1.82) is 0 Å². The zero-order chi connectivity index (χ0) is 19.1. The molecule has 0 radical (unpaired) electrons. The Kier molecular flexibility index (Phi) is 4.13. The highest BCUT2D eigenvalue weighted by molar-refractivity contribution is 6.18. The average Bonchev–Trinajstić information content (AvgIpc) is 2.89. The van der Waals surface area contributed by atoms with Gasteiger partial charge in [0.05, 0.1) is 11.1 Å². The molecule has 0 saturated heterocycles. The van der Waals surface area contributed by atoms with Gasteiger partial charge in [-0.2, -0.15) is 5.10 Å². The number of hydrogen-bond donors (Lipinski definition) is 2. The zero-order valence-corrected chi connectivity index (χ0v) is 15.3. The lowest BCUT2D eigenvalue weighted by atomic mass is 9.66. The number of carbonyl (C=O) groups is 1. The van der Waals surface area contributed by atoms with E-state index in [0.717, 1.165) is 19.3 Å². The molecular formula is C19H21FN6O. The van der Waals surface area contributed by atoms with Crippen molar-refractivity contribution in [3.8, 4) is 0 Å². The fraction of sp³-hybridized carbons (Fsp3) is 0.421. The molecule has 7 nitrogen and oxygen atoms in total. The number of carbonyl (C=O) groups excluding carboxylic acids is 1. The molecule has 0 spiro atoms. The summed E-state index contributed by atoms with van der Waals surface area (Å²) in [5.74, 6) is 0.168. The maximum absolute atomic E-state index is 14.2. The summed E-state index contributed by atoms with van der Waals surface area (Å²) in [6.07, 6.45) is 4.46. The standard InChI is InChI=1S/C19H21FN6O/c1-18(2)16(25-26-17(18)27)13-6-7-14(24-23-13)22-11-19(8-4-9-19)15-12(20)5-3-10-21-15/h3,5-7,10H,4,8-9,11H2,1-2H3,(H,22,24)(H,26,27). The maximum atomic E-state index is 14.2. The van der Waals surface area contributed by atoms with Crippen LogP contribution in [0.1, 0.15) is 44.5 Å². The third kappa shape index (κ3) is 2.94. The van der Waals surface area contributed by atoms with Crippen molar-refractivity contribution in [3.63, 3.8) is 0 Å². The lowest BCUT2D eigenvalue weighted by Crippen LogP contribution is -2.42. The maximum Gasteiger partial charge on any atom is 0.251 e. The molecule has 0 atom stereocenters. The van der Waals surface area contributed by atoms with Crippen molar-refractivity contribution in [2.45, 2.75) is 38.5 Å². The van der Waals surface area contributed by atoms with Crippen molar-refractivity contribution < 1.29 is 9.18 Å². The number of rotatable bonds is 5. The highest BCUT2D eigenvalue weighted by Gasteiger charge is 2.42. The van der Waals surface area contributed by atoms with Gasteiger partial charge in [-0.3, -0.25) is 9.78 Å². The SMILES string of the molecule is CC1(C)C(=O)NN=C1c1ccc(NCC2(c3ncccc3F)CCC2)nn1. The number of amides is 1. The highest BCUT2D eigenvalue weighted by Crippen LogP contribution is 2.43. The van der Waals surface area contributed by atoms with Crippen molar-refractivity contribution in [3.05, 3.63) is 47.7 Å². The molecule has 8 heteroatoms. The zero-order valence-electron chi connectivity index (χ0n) is 15.3. The van der Waals surface area contributed by atoms with Gasteiger partial charge in [0.2, 0.25) is 0 Å². The van der Waals surface area contributed by atoms with Crippen LogP contribution in [0, 0.1) is 11.2 Å². The van der Waals surface area contributed by atoms with E-state index in [0.29, 0.717) is 29.5 Å². The van der Waals surface area contributed by atoms with Crippen molar-refractivity contribution >= 4 is 17.4 Å². The molecule has 3 heterocycles. The molecule has 27 heavy (non-hydrogen) atoms. The van der Waals surface area contributed by atoms with Crippen LogP contribution in [0.15, 0.2) is 35.6 Å². The molecule has 1 aliphatic heterocycles. The molecule has 2 aromatic rings. The molecule has 2 N–H and O–H groups in total. The minimum absolute atomic E-state index is 0.161. The monoisotopic (exact) mass is 368 g/mol. The van der Waals surface area contributed by atoms with Gasteiger partial charge in [-0.15, -0.1) is 10.2 Å². The third-order valence-electron chi connectivity index (χ3n) is 5.52. The van der Waals surface area contributed by atoms with E-state index >= 15 is 0 Å². The van der Waals surface area contributed by atoms with E-state index in [-0.39, 0.29) is 17.1 Å². The summed E-state index contributed by atoms with van der Waals surface area (Å²) < 4.78 is 14.2. The van der Waals surface area contributed by atoms with Gasteiger partial charge in [0.25, 0.3) is 5.91 Å². The number of nitrogens with one attached hydrogen (secondary N) is 2. The summed E-state index contributed by atoms with van der Waals surface area (Å²) in [5.41, 5.74) is 3.07. The van der Waals surface area contributed by atoms with Crippen LogP contribution < -0.4 is 10.7 Å². The second kappa shape index (κ2) is 6.37. The van der Waals surface area contributed by atoms with E-state index in [2.05, 4.69) is 31.0 Å². The number of nitrogens with zero attached hydrogens (tertiary/aromatic N) is 4. The van der Waals surface area contributed by atoms with Crippen LogP contribution in [-0.4, -0.2) is 33.3 Å². The molecule has 0 bridgehead atoms. The first kappa shape index (κ1) is 17.5. The lowest BCUT2D eigenvalue weighted by molar-refractivity contribution is -0.125. The predicted molar refractivity (Wildman–Crippen MR) is 98.7 cm³/mol. The molecule has 1 saturated carbocycles. The first-order valence-corrected chi connectivity index (χ1v) is 9.00. The van der Waals surface area contributed by atoms with E-state index in [1.807, 2.05) is 0 Å². The topological polar surface area (TPSA) is 92.2 Å². The van der Waals surface area contributed by atoms with Gasteiger partial charge in [0, 0.05) is 18.2 Å². The van der Waals surface area contributed by atoms with Gasteiger partial charge >= 0.3 is 0 Å². The Morgan fingerprint density at radius 2 is 2.04 bits per heavy atom. The van der Waals surface area contributed by atoms with Crippen molar-refractivity contribution in [1.82, 2.24) is 20.6 Å². The lowest BCUT2D eigenvalue weighted by Gasteiger charge is -2.41. The second-order valence-corrected chi connectivity index (χ2v) is 7.65. The smallest absolute Gasteiger partial charge is 0.251 e. The molecule has 1 fully saturated rings. The Morgan fingerprint density at radius 1 is 1.22 bits per heavy atom. The number of halogens is 1. The van der Waals surface area contributed by atoms with Gasteiger partial charge in [0.15, 0.2) is 0 Å². The van der Waals surface area contributed by atoms with Gasteiger partial charge in [-0.1, -0.05) is 6.42 Å². The van der Waals surface area contributed by atoms with E-state index in [1.54, 1.807) is 38.2 Å². The highest BCUT2D eigenvalue weighted by atomic mass is 19.1. The summed E-state index contributed by atoms with van der Waals surface area (Å²) >= 11 is 0. The molecule has 0 unspecified atom stereocenters. The van der Waals surface area contributed by atoms with E-state index in [1.165, 1.54) is 6.07 Å². The summed E-state index contributed by atoms with van der Waals surface area (Å²) in [6.45, 7) is 4.13. The molecule has 140 valence electrons. The van der Waals surface area contributed by atoms with Gasteiger partial charge in [0.1, 0.15) is 23.0 Å². The second-order valence-electron chi connectivity index (χ2n) is 7.65. The number of pyridine rings is 1. The van der Waals surface area contributed by atoms with Crippen LogP contribution >= 0.6 is 0 Å². The first-order chi connectivity index (χ1) is 12.9. The number of hydrazone groups is 1. The molecule has 2 aliphatic rings. The predicted octanol–water partition coefficient (Wildman–Crippen LogP) is 2.40. The fourth-order valence-electron chi connectivity index (χ4n) is 3.56. The molecule has 0 aromatic carbocycles. The Morgan fingerprint density at radius 3 is 2.59 bits per heavy atom. The Hall–Kier alpha value is -2.90. The van der Waals surface area contributed by atoms with Crippen molar-refractivity contribution in [2.24, 2.45) is 10.5 Å². The van der Waals surface area contributed by atoms with E-state index in [4.69, 9.17) is 0 Å². The number of aromatic nitrogens is 3. The minimum Gasteiger partial charge on any atom is -0.368 e. The average molecular weight is 368 g/mol. The Balaban J connectivity index is 1.48. The number of anilines is 1. The molecular weight excluding hydrogens is 347 g/mol. The molecule has 4 rings (SSSR count). The molecule has 1 aliphatic carbocycles. The molecule has 2 aromatic heterocycles. The van der Waals surface area contributed by atoms with Crippen LogP contribution in [0.2, 0.25) is 0 Å². The Bertz CT molecular complexity index is 905. The van der Waals surface area contributed by atoms with E-state index < -0.39 is 5.41 Å². The number of hydrogen-bond acceptors (Lipinski definition) is 6. The van der Waals surface area contributed by atoms with Crippen LogP contribution in [0.4, 0.5) is 10.2 Å². The fourth-order valence-corrected chi connectivity index (χ4v) is 3.56. The largest absolute Gasteiger partial charge is 0.368 e. The van der Waals surface area contributed by atoms with Crippen LogP contribution in [-0.2, 0) is 10.2 Å². The third-order valence-corrected chi connectivity index (χ3v) is 5.52. The summed E-state index contributed by atoms with van der Waals surface area (Å²) in [6, 6.07) is 6.64. The van der Waals surface area contributed by atoms with Crippen LogP contribution in [0.25, 0.3) is 0 Å². The Labute approximate surface area is 156 Å². The van der Waals surface area contributed by atoms with Gasteiger partial charge in [-0.05, 0) is 51.0 Å². The quantitative estimate of drug-likeness (QED) is 0.845. The first-order valence-electron chi connectivity index (χ1n) is 9.00. The minimum atomic E-state index is -0.740. The summed E-state index contributed by atoms with van der Waals surface area (Å²) in [7, 11) is 0. The van der Waals surface area contributed by atoms with Crippen LogP contribution in [0.5, 0.6) is 0 Å².